The Morgan fingerprint density at radius 1 is 1.04 bits per heavy atom. The van der Waals surface area contributed by atoms with Gasteiger partial charge in [0, 0.05) is 50.2 Å². The van der Waals surface area contributed by atoms with Crippen molar-refractivity contribution in [2.75, 3.05) is 31.5 Å². The summed E-state index contributed by atoms with van der Waals surface area (Å²) >= 11 is 0. The molecule has 0 atom stereocenters. The molecule has 7 nitrogen and oxygen atoms in total. The van der Waals surface area contributed by atoms with Crippen LogP contribution in [0.15, 0.2) is 65.5 Å². The van der Waals surface area contributed by atoms with E-state index in [1.165, 1.54) is 6.26 Å². The third-order valence-corrected chi connectivity index (χ3v) is 4.56. The molecule has 1 saturated heterocycles. The van der Waals surface area contributed by atoms with Gasteiger partial charge in [-0.15, -0.1) is 0 Å². The summed E-state index contributed by atoms with van der Waals surface area (Å²) in [7, 11) is 0. The molecule has 0 bridgehead atoms. The van der Waals surface area contributed by atoms with Gasteiger partial charge < -0.3 is 14.6 Å². The zero-order valence-electron chi connectivity index (χ0n) is 14.9. The summed E-state index contributed by atoms with van der Waals surface area (Å²) in [5.74, 6) is 0.536. The van der Waals surface area contributed by atoms with Crippen molar-refractivity contribution in [1.29, 1.82) is 0 Å². The van der Waals surface area contributed by atoms with E-state index in [1.807, 2.05) is 53.6 Å². The van der Waals surface area contributed by atoms with Crippen LogP contribution in [0.25, 0.3) is 11.5 Å². The lowest BCUT2D eigenvalue weighted by Gasteiger charge is -2.34. The second-order valence-electron chi connectivity index (χ2n) is 6.43. The molecule has 3 heterocycles. The molecule has 2 amide bonds. The van der Waals surface area contributed by atoms with E-state index in [-0.39, 0.29) is 6.03 Å². The maximum Gasteiger partial charge on any atom is 0.321 e. The van der Waals surface area contributed by atoms with Gasteiger partial charge in [0.25, 0.3) is 0 Å². The zero-order valence-corrected chi connectivity index (χ0v) is 14.9. The molecule has 7 heteroatoms. The SMILES string of the molecule is O=C(Nc1cccc(-c2ncco2)c1)N1CCN(Cc2ccccn2)CC1. The third kappa shape index (κ3) is 4.32. The van der Waals surface area contributed by atoms with E-state index in [9.17, 15) is 4.79 Å². The van der Waals surface area contributed by atoms with Crippen LogP contribution in [0.5, 0.6) is 0 Å². The minimum Gasteiger partial charge on any atom is -0.445 e. The Bertz CT molecular complexity index is 874. The second kappa shape index (κ2) is 8.01. The summed E-state index contributed by atoms with van der Waals surface area (Å²) in [6.07, 6.45) is 4.95. The fraction of sp³-hybridized carbons (Fsp3) is 0.250. The zero-order chi connectivity index (χ0) is 18.5. The van der Waals surface area contributed by atoms with E-state index in [4.69, 9.17) is 4.42 Å². The molecule has 1 aromatic carbocycles. The number of anilines is 1. The van der Waals surface area contributed by atoms with E-state index in [1.54, 1.807) is 6.20 Å². The molecule has 1 aliphatic heterocycles. The number of nitrogens with zero attached hydrogens (tertiary/aromatic N) is 4. The summed E-state index contributed by atoms with van der Waals surface area (Å²) in [6.45, 7) is 3.87. The standard InChI is InChI=1S/C20H21N5O2/c26-20(23-17-6-3-4-16(14-17)19-22-8-13-27-19)25-11-9-24(10-12-25)15-18-5-1-2-7-21-18/h1-8,13-14H,9-12,15H2,(H,23,26). The topological polar surface area (TPSA) is 74.5 Å². The lowest BCUT2D eigenvalue weighted by atomic mass is 10.2. The highest BCUT2D eigenvalue weighted by Gasteiger charge is 2.21. The predicted octanol–water partition coefficient (Wildman–Crippen LogP) is 3.09. The van der Waals surface area contributed by atoms with Crippen molar-refractivity contribution in [3.63, 3.8) is 0 Å². The van der Waals surface area contributed by atoms with Gasteiger partial charge in [0.1, 0.15) is 6.26 Å². The maximum absolute atomic E-state index is 12.6. The average Bonchev–Trinajstić information content (AvgIpc) is 3.24. The average molecular weight is 363 g/mol. The Balaban J connectivity index is 1.31. The number of aromatic nitrogens is 2. The van der Waals surface area contributed by atoms with Crippen LogP contribution in [-0.4, -0.2) is 52.0 Å². The quantitative estimate of drug-likeness (QED) is 0.771. The maximum atomic E-state index is 12.6. The Kier molecular flexibility index (Phi) is 5.11. The summed E-state index contributed by atoms with van der Waals surface area (Å²) in [5, 5.41) is 2.97. The molecular formula is C20H21N5O2. The highest BCUT2D eigenvalue weighted by molar-refractivity contribution is 5.90. The van der Waals surface area contributed by atoms with Gasteiger partial charge in [-0.1, -0.05) is 12.1 Å². The second-order valence-corrected chi connectivity index (χ2v) is 6.43. The van der Waals surface area contributed by atoms with Crippen molar-refractivity contribution >= 4 is 11.7 Å². The molecule has 0 radical (unpaired) electrons. The molecule has 138 valence electrons. The summed E-state index contributed by atoms with van der Waals surface area (Å²) < 4.78 is 5.31. The summed E-state index contributed by atoms with van der Waals surface area (Å²) in [4.78, 5) is 25.2. The van der Waals surface area contributed by atoms with Gasteiger partial charge in [0.05, 0.1) is 11.9 Å². The number of hydrogen-bond acceptors (Lipinski definition) is 5. The van der Waals surface area contributed by atoms with E-state index in [2.05, 4.69) is 20.2 Å². The van der Waals surface area contributed by atoms with Crippen LogP contribution in [0.2, 0.25) is 0 Å². The van der Waals surface area contributed by atoms with E-state index < -0.39 is 0 Å². The molecule has 0 unspecified atom stereocenters. The molecule has 1 aliphatic rings. The first-order valence-corrected chi connectivity index (χ1v) is 8.96. The molecule has 27 heavy (non-hydrogen) atoms. The van der Waals surface area contributed by atoms with Gasteiger partial charge >= 0.3 is 6.03 Å². The first kappa shape index (κ1) is 17.2. The van der Waals surface area contributed by atoms with Gasteiger partial charge in [-0.2, -0.15) is 0 Å². The van der Waals surface area contributed by atoms with Crippen molar-refractivity contribution in [2.45, 2.75) is 6.54 Å². The number of piperazine rings is 1. The number of oxazole rings is 1. The van der Waals surface area contributed by atoms with Crippen LogP contribution >= 0.6 is 0 Å². The Hall–Kier alpha value is -3.19. The normalized spacial score (nSPS) is 14.9. The fourth-order valence-electron chi connectivity index (χ4n) is 3.13. The first-order chi connectivity index (χ1) is 13.3. The minimum atomic E-state index is -0.0861. The fourth-order valence-corrected chi connectivity index (χ4v) is 3.13. The minimum absolute atomic E-state index is 0.0861. The number of nitrogens with one attached hydrogen (secondary N) is 1. The van der Waals surface area contributed by atoms with Crippen molar-refractivity contribution in [3.8, 4) is 11.5 Å². The van der Waals surface area contributed by atoms with Crippen LogP contribution in [0.1, 0.15) is 5.69 Å². The van der Waals surface area contributed by atoms with Crippen molar-refractivity contribution in [1.82, 2.24) is 19.8 Å². The number of amides is 2. The monoisotopic (exact) mass is 363 g/mol. The summed E-state index contributed by atoms with van der Waals surface area (Å²) in [6, 6.07) is 13.4. The lowest BCUT2D eigenvalue weighted by molar-refractivity contribution is 0.142. The first-order valence-electron chi connectivity index (χ1n) is 8.96. The number of benzene rings is 1. The molecule has 4 rings (SSSR count). The smallest absolute Gasteiger partial charge is 0.321 e. The number of carbonyl (C=O) groups is 1. The predicted molar refractivity (Wildman–Crippen MR) is 102 cm³/mol. The van der Waals surface area contributed by atoms with Crippen molar-refractivity contribution < 1.29 is 9.21 Å². The highest BCUT2D eigenvalue weighted by atomic mass is 16.3. The molecule has 0 saturated carbocycles. The lowest BCUT2D eigenvalue weighted by Crippen LogP contribution is -2.49. The Labute approximate surface area is 157 Å². The van der Waals surface area contributed by atoms with E-state index in [0.717, 1.165) is 36.6 Å². The Morgan fingerprint density at radius 2 is 1.93 bits per heavy atom. The molecular weight excluding hydrogens is 342 g/mol. The van der Waals surface area contributed by atoms with Crippen molar-refractivity contribution in [2.24, 2.45) is 0 Å². The van der Waals surface area contributed by atoms with Crippen molar-refractivity contribution in [3.05, 3.63) is 66.8 Å². The van der Waals surface area contributed by atoms with Gasteiger partial charge in [0.15, 0.2) is 0 Å². The highest BCUT2D eigenvalue weighted by Crippen LogP contribution is 2.21. The summed E-state index contributed by atoms with van der Waals surface area (Å²) in [5.41, 5.74) is 2.61. The molecule has 2 aromatic heterocycles. The number of rotatable bonds is 4. The largest absolute Gasteiger partial charge is 0.445 e. The van der Waals surface area contributed by atoms with Crippen LogP contribution < -0.4 is 5.32 Å². The van der Waals surface area contributed by atoms with Gasteiger partial charge in [0.2, 0.25) is 5.89 Å². The van der Waals surface area contributed by atoms with Crippen LogP contribution in [-0.2, 0) is 6.54 Å². The molecule has 1 N–H and O–H groups in total. The van der Waals surface area contributed by atoms with E-state index in [0.29, 0.717) is 19.0 Å². The number of carbonyl (C=O) groups excluding carboxylic acids is 1. The van der Waals surface area contributed by atoms with Gasteiger partial charge in [-0.25, -0.2) is 9.78 Å². The molecule has 0 aliphatic carbocycles. The number of urea groups is 1. The molecule has 3 aromatic rings. The van der Waals surface area contributed by atoms with Crippen LogP contribution in [0.4, 0.5) is 10.5 Å². The molecule has 0 spiro atoms. The third-order valence-electron chi connectivity index (χ3n) is 4.56. The molecule has 1 fully saturated rings. The van der Waals surface area contributed by atoms with Gasteiger partial charge in [-0.05, 0) is 30.3 Å². The Morgan fingerprint density at radius 3 is 2.67 bits per heavy atom. The number of hydrogen-bond donors (Lipinski definition) is 1. The van der Waals surface area contributed by atoms with Crippen LogP contribution in [0, 0.1) is 0 Å². The van der Waals surface area contributed by atoms with Gasteiger partial charge in [-0.3, -0.25) is 9.88 Å². The van der Waals surface area contributed by atoms with E-state index >= 15 is 0 Å². The van der Waals surface area contributed by atoms with Crippen LogP contribution in [0.3, 0.4) is 0 Å². The number of pyridine rings is 1.